The summed E-state index contributed by atoms with van der Waals surface area (Å²) in [6, 6.07) is 12.7. The van der Waals surface area contributed by atoms with Crippen LogP contribution in [0.2, 0.25) is 20.6 Å². The Morgan fingerprint density at radius 1 is 0.737 bits per heavy atom. The highest BCUT2D eigenvalue weighted by atomic mass is 35.5. The Labute approximate surface area is 341 Å². The number of nitrogens with zero attached hydrogens (tertiary/aromatic N) is 7. The van der Waals surface area contributed by atoms with Gasteiger partial charge in [0, 0.05) is 31.4 Å². The molecule has 5 N–H and O–H groups in total. The molecule has 4 heterocycles. The molecule has 0 atom stereocenters. The highest BCUT2D eigenvalue weighted by Gasteiger charge is 2.19. The number of rotatable bonds is 2. The predicted octanol–water partition coefficient (Wildman–Crippen LogP) is 8.59. The maximum absolute atomic E-state index is 13.4. The van der Waals surface area contributed by atoms with Gasteiger partial charge in [-0.1, -0.05) is 46.4 Å². The number of fused-ring (bicyclic) bond motifs is 2. The molecule has 0 unspecified atom stereocenters. The van der Waals surface area contributed by atoms with Gasteiger partial charge < -0.3 is 16.6 Å². The van der Waals surface area contributed by atoms with E-state index in [0.29, 0.717) is 22.5 Å². The quantitative estimate of drug-likeness (QED) is 0.0650. The molecule has 6 aromatic rings. The molecule has 7 rings (SSSR count). The van der Waals surface area contributed by atoms with Gasteiger partial charge in [0.2, 0.25) is 20.9 Å². The number of aryl methyl sites for hydroxylation is 1. The number of halogens is 9. The summed E-state index contributed by atoms with van der Waals surface area (Å²) in [5, 5.41) is 4.79. The van der Waals surface area contributed by atoms with Crippen LogP contribution in [0, 0.1) is 36.0 Å². The van der Waals surface area contributed by atoms with Crippen LogP contribution in [0.25, 0.3) is 17.0 Å². The van der Waals surface area contributed by atoms with Gasteiger partial charge in [-0.3, -0.25) is 14.4 Å². The molecule has 13 nitrogen and oxygen atoms in total. The standard InChI is InChI=1S/C12H6Cl2F2N4.C9H8FN.C6H7FN2.C5H3Cl2FN2O2S.C2H4O2/c1-5-17-7-3-2-6(15)4-8(7)20(5)12-18-10(13)9(16)11(14)19-12;1-6-4-7-5-8(10)2-3-9(7)11-6;7-4-1-2-5(8)6(9)3-4;1-13(11,12)5-9-3(6)2(8)4(7)10-5;1-2(3)4/h2-4H,1H3;2-3,5H,4H2,1H3;1-3H,8-9H2;1H3;1H3,(H,3,4). The summed E-state index contributed by atoms with van der Waals surface area (Å²) in [5.74, 6) is -3.19. The second-order valence-corrected chi connectivity index (χ2v) is 14.7. The Kier molecular flexibility index (Phi) is 16.0. The van der Waals surface area contributed by atoms with Crippen LogP contribution >= 0.6 is 46.4 Å². The van der Waals surface area contributed by atoms with Crippen LogP contribution in [0.1, 0.15) is 25.2 Å². The molecule has 0 radical (unpaired) electrons. The number of nitrogens with two attached hydrogens (primary N) is 2. The zero-order valence-corrected chi connectivity index (χ0v) is 33.5. The first-order chi connectivity index (χ1) is 26.5. The van der Waals surface area contributed by atoms with Gasteiger partial charge in [0.1, 0.15) is 23.3 Å². The fraction of sp³-hybridized carbons (Fsp3) is 0.147. The van der Waals surface area contributed by atoms with Crippen molar-refractivity contribution in [1.82, 2.24) is 29.5 Å². The highest BCUT2D eigenvalue weighted by Crippen LogP contribution is 2.27. The van der Waals surface area contributed by atoms with Crippen molar-refractivity contribution < 1.29 is 40.3 Å². The monoisotopic (exact) mass is 893 g/mol. The topological polar surface area (TPSA) is 205 Å². The Morgan fingerprint density at radius 2 is 1.21 bits per heavy atom. The minimum atomic E-state index is -3.62. The van der Waals surface area contributed by atoms with Crippen LogP contribution in [0.5, 0.6) is 0 Å². The molecule has 23 heteroatoms. The maximum atomic E-state index is 13.4. The van der Waals surface area contributed by atoms with E-state index < -0.39 is 59.0 Å². The molecule has 1 aliphatic heterocycles. The molecule has 0 aliphatic carbocycles. The number of carboxylic acid groups (broad SMARTS) is 1. The van der Waals surface area contributed by atoms with Crippen molar-refractivity contribution in [3.8, 4) is 5.95 Å². The third-order valence-electron chi connectivity index (χ3n) is 6.67. The van der Waals surface area contributed by atoms with E-state index in [4.69, 9.17) is 67.8 Å². The van der Waals surface area contributed by atoms with Crippen LogP contribution in [0.15, 0.2) is 64.7 Å². The summed E-state index contributed by atoms with van der Waals surface area (Å²) in [4.78, 5) is 31.5. The van der Waals surface area contributed by atoms with Crippen LogP contribution in [0.4, 0.5) is 39.0 Å². The molecule has 0 saturated carbocycles. The van der Waals surface area contributed by atoms with Gasteiger partial charge in [0.25, 0.3) is 5.97 Å². The fourth-order valence-corrected chi connectivity index (χ4v) is 5.70. The van der Waals surface area contributed by atoms with Gasteiger partial charge in [-0.25, -0.2) is 45.3 Å². The molecule has 0 amide bonds. The second-order valence-electron chi connectivity index (χ2n) is 11.3. The molecule has 0 fully saturated rings. The zero-order valence-electron chi connectivity index (χ0n) is 29.7. The number of hydrogen-bond acceptors (Lipinski definition) is 11. The first kappa shape index (κ1) is 46.2. The Balaban J connectivity index is 0.000000206. The number of carboxylic acids is 1. The zero-order chi connectivity index (χ0) is 42.9. The molecule has 57 heavy (non-hydrogen) atoms. The van der Waals surface area contributed by atoms with Gasteiger partial charge in [-0.15, -0.1) is 0 Å². The van der Waals surface area contributed by atoms with Gasteiger partial charge in [0.15, 0.2) is 32.2 Å². The number of imidazole rings is 1. The minimum absolute atomic E-state index is 0.0343. The van der Waals surface area contributed by atoms with E-state index >= 15 is 0 Å². The summed E-state index contributed by atoms with van der Waals surface area (Å²) in [6.07, 6.45) is 1.67. The van der Waals surface area contributed by atoms with Crippen molar-refractivity contribution in [3.63, 3.8) is 0 Å². The first-order valence-electron chi connectivity index (χ1n) is 15.4. The molecule has 3 aromatic carbocycles. The number of nitrogen functional groups attached to an aromatic ring is 2. The van der Waals surface area contributed by atoms with Crippen molar-refractivity contribution in [2.45, 2.75) is 32.3 Å². The number of aliphatic carboxylic acids is 1. The Morgan fingerprint density at radius 3 is 1.72 bits per heavy atom. The number of carbonyl (C=O) groups is 1. The van der Waals surface area contributed by atoms with E-state index in [2.05, 4.69) is 29.9 Å². The largest absolute Gasteiger partial charge is 0.481 e. The lowest BCUT2D eigenvalue weighted by Gasteiger charge is -2.06. The number of aliphatic imine (C=N–C) groups is 1. The van der Waals surface area contributed by atoms with Crippen molar-refractivity contribution in [2.75, 3.05) is 17.7 Å². The van der Waals surface area contributed by atoms with Crippen molar-refractivity contribution in [2.24, 2.45) is 4.99 Å². The molecule has 1 aliphatic rings. The molecule has 3 aromatic heterocycles. The third-order valence-corrected chi connectivity index (χ3v) is 8.52. The number of anilines is 2. The van der Waals surface area contributed by atoms with Crippen LogP contribution in [0.3, 0.4) is 0 Å². The van der Waals surface area contributed by atoms with E-state index in [-0.39, 0.29) is 23.3 Å². The van der Waals surface area contributed by atoms with E-state index in [9.17, 15) is 30.4 Å². The summed E-state index contributed by atoms with van der Waals surface area (Å²) in [7, 11) is -3.62. The number of benzene rings is 3. The lowest BCUT2D eigenvalue weighted by Crippen LogP contribution is -2.05. The van der Waals surface area contributed by atoms with Crippen LogP contribution in [-0.4, -0.2) is 60.9 Å². The average Bonchev–Trinajstić information content (AvgIpc) is 3.64. The third kappa shape index (κ3) is 13.2. The predicted molar refractivity (Wildman–Crippen MR) is 208 cm³/mol. The average molecular weight is 896 g/mol. The number of sulfone groups is 1. The fourth-order valence-electron chi connectivity index (χ4n) is 4.32. The lowest BCUT2D eigenvalue weighted by atomic mass is 10.1. The van der Waals surface area contributed by atoms with Crippen molar-refractivity contribution in [3.05, 3.63) is 116 Å². The molecule has 0 saturated heterocycles. The summed E-state index contributed by atoms with van der Waals surface area (Å²) < 4.78 is 87.5. The lowest BCUT2D eigenvalue weighted by molar-refractivity contribution is -0.134. The van der Waals surface area contributed by atoms with Crippen LogP contribution in [-0.2, 0) is 21.1 Å². The number of aromatic nitrogens is 6. The van der Waals surface area contributed by atoms with E-state index in [0.717, 1.165) is 36.6 Å². The first-order valence-corrected chi connectivity index (χ1v) is 18.8. The molecular weight excluding hydrogens is 867 g/mol. The summed E-state index contributed by atoms with van der Waals surface area (Å²) >= 11 is 21.8. The maximum Gasteiger partial charge on any atom is 0.300 e. The van der Waals surface area contributed by atoms with Gasteiger partial charge in [-0.05, 0) is 67.9 Å². The van der Waals surface area contributed by atoms with E-state index in [1.165, 1.54) is 47.0 Å². The van der Waals surface area contributed by atoms with Gasteiger partial charge >= 0.3 is 0 Å². The Bertz CT molecular complexity index is 2550. The van der Waals surface area contributed by atoms with Crippen molar-refractivity contribution >= 4 is 96.0 Å². The Hall–Kier alpha value is -5.21. The highest BCUT2D eigenvalue weighted by molar-refractivity contribution is 7.90. The summed E-state index contributed by atoms with van der Waals surface area (Å²) in [6.45, 7) is 4.73. The van der Waals surface area contributed by atoms with Crippen LogP contribution < -0.4 is 11.5 Å². The SMILES string of the molecule is CC(=O)O.CC1=Nc2ccc(F)cc2C1.CS(=O)(=O)c1nc(Cl)c(F)c(Cl)n1.Cc1nc2ccc(F)cc2n1-c1nc(Cl)c(F)c(Cl)n1.Nc1ccc(F)cc1N. The van der Waals surface area contributed by atoms with E-state index in [1.54, 1.807) is 19.1 Å². The normalized spacial score (nSPS) is 11.4. The number of hydrogen-bond donors (Lipinski definition) is 3. The molecule has 0 bridgehead atoms. The second kappa shape index (κ2) is 19.8. The van der Waals surface area contributed by atoms with Crippen molar-refractivity contribution in [1.29, 1.82) is 0 Å². The van der Waals surface area contributed by atoms with Gasteiger partial charge in [0.05, 0.1) is 28.1 Å². The molecular formula is C34H28Cl4F5N9O4S. The molecule has 302 valence electrons. The minimum Gasteiger partial charge on any atom is -0.481 e. The summed E-state index contributed by atoms with van der Waals surface area (Å²) in [5.41, 5.74) is 15.2. The van der Waals surface area contributed by atoms with Gasteiger partial charge in [-0.2, -0.15) is 9.97 Å². The van der Waals surface area contributed by atoms with E-state index in [1.807, 2.05) is 6.92 Å². The smallest absolute Gasteiger partial charge is 0.300 e. The molecule has 0 spiro atoms.